The monoisotopic (exact) mass is 571 g/mol. The Kier molecular flexibility index (Phi) is 7.99. The van der Waals surface area contributed by atoms with E-state index in [2.05, 4.69) is 4.98 Å². The molecule has 1 aliphatic rings. The maximum absolute atomic E-state index is 14.5. The standard InChI is InChI=1S/C34H35F2N3O3/c1-21-14-24(17-26(36)15-21)29-19-37-30-12-11-23(22-8-6-9-25(35)16-22)18-28(30)31(29)32(40)38(5)20-27-10-7-13-39(27)33(41)42-34(2,3)4/h6,8-9,11-12,14-19,27H,7,10,13,20H2,1-5H3/t27-/m0/s1. The molecule has 1 aromatic heterocycles. The summed E-state index contributed by atoms with van der Waals surface area (Å²) in [5.41, 5.74) is 3.45. The molecule has 6 nitrogen and oxygen atoms in total. The Morgan fingerprint density at radius 3 is 2.45 bits per heavy atom. The molecule has 1 saturated heterocycles. The van der Waals surface area contributed by atoms with E-state index in [-0.39, 0.29) is 17.8 Å². The van der Waals surface area contributed by atoms with Crippen molar-refractivity contribution in [3.8, 4) is 22.3 Å². The summed E-state index contributed by atoms with van der Waals surface area (Å²) in [6.45, 7) is 8.13. The van der Waals surface area contributed by atoms with Gasteiger partial charge in [0.05, 0.1) is 17.1 Å². The third-order valence-corrected chi connectivity index (χ3v) is 7.43. The van der Waals surface area contributed by atoms with E-state index in [0.29, 0.717) is 51.8 Å². The minimum Gasteiger partial charge on any atom is -0.444 e. The first kappa shape index (κ1) is 29.2. The first-order valence-corrected chi connectivity index (χ1v) is 14.1. The summed E-state index contributed by atoms with van der Waals surface area (Å²) in [5, 5.41) is 0.573. The normalized spacial score (nSPS) is 15.2. The minimum atomic E-state index is -0.626. The van der Waals surface area contributed by atoms with Crippen molar-refractivity contribution in [2.24, 2.45) is 0 Å². The molecule has 3 aromatic carbocycles. The molecule has 218 valence electrons. The number of halogens is 2. The van der Waals surface area contributed by atoms with Crippen LogP contribution in [0.2, 0.25) is 0 Å². The molecule has 1 aliphatic heterocycles. The zero-order valence-electron chi connectivity index (χ0n) is 24.6. The SMILES string of the molecule is Cc1cc(F)cc(-c2cnc3ccc(-c4cccc(F)c4)cc3c2C(=O)N(C)C[C@@H]2CCCN2C(=O)OC(C)(C)C)c1. The van der Waals surface area contributed by atoms with Gasteiger partial charge in [0.2, 0.25) is 0 Å². The number of likely N-dealkylation sites (tertiary alicyclic amines) is 1. The average Bonchev–Trinajstić information content (AvgIpc) is 3.38. The fourth-order valence-electron chi connectivity index (χ4n) is 5.56. The van der Waals surface area contributed by atoms with Gasteiger partial charge >= 0.3 is 6.09 Å². The molecule has 4 aromatic rings. The Labute approximate surface area is 244 Å². The van der Waals surface area contributed by atoms with Gasteiger partial charge in [0.25, 0.3) is 5.91 Å². The van der Waals surface area contributed by atoms with E-state index >= 15 is 0 Å². The van der Waals surface area contributed by atoms with Crippen LogP contribution in [-0.2, 0) is 4.74 Å². The summed E-state index contributed by atoms with van der Waals surface area (Å²) in [6, 6.07) is 16.2. The highest BCUT2D eigenvalue weighted by Crippen LogP contribution is 2.34. The molecule has 8 heteroatoms. The Hall–Kier alpha value is -4.33. The number of amides is 2. The zero-order chi connectivity index (χ0) is 30.2. The van der Waals surface area contributed by atoms with Gasteiger partial charge in [-0.1, -0.05) is 24.3 Å². The summed E-state index contributed by atoms with van der Waals surface area (Å²) in [5.74, 6) is -1.06. The van der Waals surface area contributed by atoms with Crippen molar-refractivity contribution in [2.75, 3.05) is 20.1 Å². The summed E-state index contributed by atoms with van der Waals surface area (Å²) in [6.07, 6.45) is 2.76. The number of aryl methyl sites for hydroxylation is 1. The van der Waals surface area contributed by atoms with Crippen LogP contribution in [0.5, 0.6) is 0 Å². The third-order valence-electron chi connectivity index (χ3n) is 7.43. The molecule has 2 heterocycles. The van der Waals surface area contributed by atoms with Gasteiger partial charge in [-0.25, -0.2) is 13.6 Å². The van der Waals surface area contributed by atoms with Gasteiger partial charge in [-0.2, -0.15) is 0 Å². The first-order valence-electron chi connectivity index (χ1n) is 14.1. The highest BCUT2D eigenvalue weighted by Gasteiger charge is 2.34. The molecule has 1 atom stereocenters. The lowest BCUT2D eigenvalue weighted by molar-refractivity contribution is 0.0199. The lowest BCUT2D eigenvalue weighted by atomic mass is 9.93. The Morgan fingerprint density at radius 1 is 1.00 bits per heavy atom. The van der Waals surface area contributed by atoms with Gasteiger partial charge in [0, 0.05) is 37.3 Å². The van der Waals surface area contributed by atoms with Crippen molar-refractivity contribution in [1.82, 2.24) is 14.8 Å². The van der Waals surface area contributed by atoms with Gasteiger partial charge in [0.1, 0.15) is 17.2 Å². The predicted molar refractivity (Wildman–Crippen MR) is 160 cm³/mol. The van der Waals surface area contributed by atoms with Crippen LogP contribution >= 0.6 is 0 Å². The summed E-state index contributed by atoms with van der Waals surface area (Å²) >= 11 is 0. The smallest absolute Gasteiger partial charge is 0.410 e. The van der Waals surface area contributed by atoms with Crippen molar-refractivity contribution in [2.45, 2.75) is 52.2 Å². The number of hydrogen-bond donors (Lipinski definition) is 0. The van der Waals surface area contributed by atoms with Crippen LogP contribution in [0.1, 0.15) is 49.5 Å². The fourth-order valence-corrected chi connectivity index (χ4v) is 5.56. The van der Waals surface area contributed by atoms with Gasteiger partial charge in [-0.3, -0.25) is 9.78 Å². The van der Waals surface area contributed by atoms with Gasteiger partial charge in [-0.15, -0.1) is 0 Å². The van der Waals surface area contributed by atoms with Crippen LogP contribution in [0, 0.1) is 18.6 Å². The van der Waals surface area contributed by atoms with Gasteiger partial charge < -0.3 is 14.5 Å². The number of benzene rings is 3. The van der Waals surface area contributed by atoms with Crippen molar-refractivity contribution in [3.63, 3.8) is 0 Å². The molecule has 0 N–H and O–H groups in total. The number of likely N-dealkylation sites (N-methyl/N-ethyl adjacent to an activating group) is 1. The number of hydrogen-bond acceptors (Lipinski definition) is 4. The van der Waals surface area contributed by atoms with Gasteiger partial charge in [-0.05, 0) is 99.2 Å². The van der Waals surface area contributed by atoms with E-state index in [1.807, 2.05) is 39.0 Å². The molecule has 0 aliphatic carbocycles. The Balaban J connectivity index is 1.58. The quantitative estimate of drug-likeness (QED) is 0.247. The minimum absolute atomic E-state index is 0.204. The number of carbonyl (C=O) groups excluding carboxylic acids is 2. The molecular weight excluding hydrogens is 536 g/mol. The second-order valence-electron chi connectivity index (χ2n) is 12.0. The molecule has 0 spiro atoms. The molecular formula is C34H35F2N3O3. The second-order valence-corrected chi connectivity index (χ2v) is 12.0. The lowest BCUT2D eigenvalue weighted by Gasteiger charge is -2.31. The first-order chi connectivity index (χ1) is 19.9. The van der Waals surface area contributed by atoms with Crippen LogP contribution in [-0.4, -0.2) is 58.6 Å². The number of nitrogens with zero attached hydrogens (tertiary/aromatic N) is 3. The zero-order valence-corrected chi connectivity index (χ0v) is 24.6. The number of pyridine rings is 1. The summed E-state index contributed by atoms with van der Waals surface area (Å²) < 4.78 is 34.2. The Bertz CT molecular complexity index is 1640. The predicted octanol–water partition coefficient (Wildman–Crippen LogP) is 7.63. The molecule has 5 rings (SSSR count). The maximum atomic E-state index is 14.5. The maximum Gasteiger partial charge on any atom is 0.410 e. The van der Waals surface area contributed by atoms with Crippen molar-refractivity contribution in [1.29, 1.82) is 0 Å². The number of ether oxygens (including phenoxy) is 1. The van der Waals surface area contributed by atoms with Crippen LogP contribution < -0.4 is 0 Å². The fraction of sp³-hybridized carbons (Fsp3) is 0.324. The number of fused-ring (bicyclic) bond motifs is 1. The molecule has 0 bridgehead atoms. The van der Waals surface area contributed by atoms with E-state index in [1.165, 1.54) is 24.3 Å². The van der Waals surface area contributed by atoms with Crippen molar-refractivity contribution >= 4 is 22.9 Å². The number of aromatic nitrogens is 1. The second kappa shape index (κ2) is 11.5. The third kappa shape index (κ3) is 6.27. The van der Waals surface area contributed by atoms with Crippen LogP contribution in [0.3, 0.4) is 0 Å². The summed E-state index contributed by atoms with van der Waals surface area (Å²) in [4.78, 5) is 35.1. The van der Waals surface area contributed by atoms with Crippen LogP contribution in [0.15, 0.2) is 66.9 Å². The van der Waals surface area contributed by atoms with Crippen molar-refractivity contribution < 1.29 is 23.1 Å². The Morgan fingerprint density at radius 2 is 1.74 bits per heavy atom. The summed E-state index contributed by atoms with van der Waals surface area (Å²) in [7, 11) is 1.71. The van der Waals surface area contributed by atoms with Crippen LogP contribution in [0.4, 0.5) is 13.6 Å². The van der Waals surface area contributed by atoms with Crippen LogP contribution in [0.25, 0.3) is 33.2 Å². The molecule has 42 heavy (non-hydrogen) atoms. The molecule has 0 saturated carbocycles. The highest BCUT2D eigenvalue weighted by atomic mass is 19.1. The van der Waals surface area contributed by atoms with E-state index in [0.717, 1.165) is 18.4 Å². The average molecular weight is 572 g/mol. The molecule has 2 amide bonds. The van der Waals surface area contributed by atoms with E-state index in [9.17, 15) is 18.4 Å². The van der Waals surface area contributed by atoms with E-state index < -0.39 is 17.5 Å². The topological polar surface area (TPSA) is 62.7 Å². The van der Waals surface area contributed by atoms with E-state index in [4.69, 9.17) is 4.74 Å². The molecule has 0 radical (unpaired) electrons. The molecule has 1 fully saturated rings. The number of carbonyl (C=O) groups is 2. The largest absolute Gasteiger partial charge is 0.444 e. The van der Waals surface area contributed by atoms with Gasteiger partial charge in [0.15, 0.2) is 0 Å². The lowest BCUT2D eigenvalue weighted by Crippen LogP contribution is -2.45. The van der Waals surface area contributed by atoms with E-state index in [1.54, 1.807) is 48.2 Å². The highest BCUT2D eigenvalue weighted by molar-refractivity contribution is 6.12. The molecule has 0 unspecified atom stereocenters. The number of rotatable bonds is 5. The van der Waals surface area contributed by atoms with Crippen molar-refractivity contribution in [3.05, 3.63) is 89.6 Å².